The van der Waals surface area contributed by atoms with Crippen molar-refractivity contribution in [1.82, 2.24) is 24.4 Å². The lowest BCUT2D eigenvalue weighted by Crippen LogP contribution is -2.49. The molecule has 3 fully saturated rings. The maximum absolute atomic E-state index is 13.6. The van der Waals surface area contributed by atoms with Gasteiger partial charge in [0.15, 0.2) is 0 Å². The zero-order chi connectivity index (χ0) is 24.6. The molecule has 2 saturated heterocycles. The number of nitrogens with one attached hydrogen (secondary N) is 1. The van der Waals surface area contributed by atoms with Crippen LogP contribution in [0.3, 0.4) is 0 Å². The lowest BCUT2D eigenvalue weighted by Gasteiger charge is -2.35. The zero-order valence-electron chi connectivity index (χ0n) is 20.5. The summed E-state index contributed by atoms with van der Waals surface area (Å²) in [6, 6.07) is 3.68. The summed E-state index contributed by atoms with van der Waals surface area (Å²) in [7, 11) is 2.00. The fourth-order valence-corrected chi connectivity index (χ4v) is 5.39. The molecular formula is C26H31N7O3. The van der Waals surface area contributed by atoms with Crippen molar-refractivity contribution in [2.75, 3.05) is 43.0 Å². The highest BCUT2D eigenvalue weighted by molar-refractivity contribution is 6.06. The molecule has 0 unspecified atom stereocenters. The number of benzene rings is 1. The smallest absolute Gasteiger partial charge is 0.254 e. The Balaban J connectivity index is 1.28. The Kier molecular flexibility index (Phi) is 6.04. The van der Waals surface area contributed by atoms with Crippen molar-refractivity contribution in [2.45, 2.75) is 44.1 Å². The van der Waals surface area contributed by atoms with Gasteiger partial charge in [-0.1, -0.05) is 6.42 Å². The number of hydrogen-bond donors (Lipinski definition) is 1. The minimum absolute atomic E-state index is 0.0563. The highest BCUT2D eigenvalue weighted by Gasteiger charge is 2.30. The van der Waals surface area contributed by atoms with Gasteiger partial charge in [0.05, 0.1) is 22.9 Å². The number of imidazole rings is 1. The number of amides is 2. The van der Waals surface area contributed by atoms with Crippen molar-refractivity contribution in [3.05, 3.63) is 42.1 Å². The van der Waals surface area contributed by atoms with Crippen LogP contribution < -0.4 is 10.2 Å². The molecule has 6 rings (SSSR count). The van der Waals surface area contributed by atoms with Gasteiger partial charge < -0.3 is 24.4 Å². The van der Waals surface area contributed by atoms with Crippen molar-refractivity contribution >= 4 is 34.4 Å². The monoisotopic (exact) mass is 489 g/mol. The summed E-state index contributed by atoms with van der Waals surface area (Å²) in [5.41, 5.74) is 2.75. The summed E-state index contributed by atoms with van der Waals surface area (Å²) in [5.74, 6) is 2.05. The van der Waals surface area contributed by atoms with Crippen molar-refractivity contribution in [2.24, 2.45) is 7.05 Å². The van der Waals surface area contributed by atoms with Crippen LogP contribution in [0.5, 0.6) is 0 Å². The molecule has 1 aromatic carbocycles. The van der Waals surface area contributed by atoms with Crippen LogP contribution in [0.1, 0.15) is 54.2 Å². The molecule has 10 heteroatoms. The third kappa shape index (κ3) is 4.19. The second kappa shape index (κ2) is 9.50. The number of anilines is 2. The molecule has 10 nitrogen and oxygen atoms in total. The molecule has 3 aromatic rings. The fourth-order valence-electron chi connectivity index (χ4n) is 5.39. The number of fused-ring (bicyclic) bond motifs is 1. The first-order chi connectivity index (χ1) is 17.6. The molecule has 2 aromatic heterocycles. The van der Waals surface area contributed by atoms with E-state index < -0.39 is 6.10 Å². The van der Waals surface area contributed by atoms with Crippen LogP contribution in [0.15, 0.2) is 30.7 Å². The van der Waals surface area contributed by atoms with Gasteiger partial charge in [-0.3, -0.25) is 14.6 Å². The summed E-state index contributed by atoms with van der Waals surface area (Å²) in [5, 5.41) is 3.06. The maximum Gasteiger partial charge on any atom is 0.254 e. The quantitative estimate of drug-likeness (QED) is 0.587. The van der Waals surface area contributed by atoms with E-state index in [0.29, 0.717) is 56.4 Å². The Hall–Kier alpha value is -3.53. The number of ether oxygens (including phenoxy) is 1. The van der Waals surface area contributed by atoms with E-state index >= 15 is 0 Å². The van der Waals surface area contributed by atoms with Gasteiger partial charge in [0, 0.05) is 63.7 Å². The Morgan fingerprint density at radius 3 is 2.56 bits per heavy atom. The molecule has 1 N–H and O–H groups in total. The average Bonchev–Trinajstić information content (AvgIpc) is 3.52. The van der Waals surface area contributed by atoms with Gasteiger partial charge >= 0.3 is 0 Å². The lowest BCUT2D eigenvalue weighted by molar-refractivity contribution is -0.124. The SMILES string of the molecule is Cn1c(C2CCC2)nc2cc(C(=O)N3CCN(c4cnccn4)CC3)cc(NC(=O)[C@@H]3CCCO3)c21. The first kappa shape index (κ1) is 22.9. The van der Waals surface area contributed by atoms with Gasteiger partial charge in [0.1, 0.15) is 17.7 Å². The van der Waals surface area contributed by atoms with Crippen molar-refractivity contribution in [1.29, 1.82) is 0 Å². The summed E-state index contributed by atoms with van der Waals surface area (Å²) in [4.78, 5) is 44.0. The predicted octanol–water partition coefficient (Wildman–Crippen LogP) is 2.71. The van der Waals surface area contributed by atoms with E-state index in [2.05, 4.69) is 24.8 Å². The highest BCUT2D eigenvalue weighted by Crippen LogP contribution is 2.38. The summed E-state index contributed by atoms with van der Waals surface area (Å²) in [6.45, 7) is 3.14. The number of nitrogens with zero attached hydrogens (tertiary/aromatic N) is 6. The molecule has 36 heavy (non-hydrogen) atoms. The summed E-state index contributed by atoms with van der Waals surface area (Å²) in [6.07, 6.45) is 9.67. The van der Waals surface area contributed by atoms with Gasteiger partial charge in [-0.15, -0.1) is 0 Å². The van der Waals surface area contributed by atoms with Gasteiger partial charge in [-0.05, 0) is 37.8 Å². The Labute approximate surface area is 209 Å². The van der Waals surface area contributed by atoms with E-state index in [4.69, 9.17) is 9.72 Å². The molecule has 1 atom stereocenters. The third-order valence-corrected chi connectivity index (χ3v) is 7.64. The molecule has 1 saturated carbocycles. The van der Waals surface area contributed by atoms with E-state index in [1.165, 1.54) is 6.42 Å². The van der Waals surface area contributed by atoms with E-state index in [1.807, 2.05) is 18.0 Å². The summed E-state index contributed by atoms with van der Waals surface area (Å²) < 4.78 is 7.68. The van der Waals surface area contributed by atoms with E-state index in [-0.39, 0.29) is 11.8 Å². The molecule has 0 bridgehead atoms. The van der Waals surface area contributed by atoms with Crippen LogP contribution in [-0.4, -0.2) is 75.1 Å². The molecule has 1 aliphatic carbocycles. The minimum Gasteiger partial charge on any atom is -0.368 e. The Bertz CT molecular complexity index is 1270. The standard InChI is InChI=1S/C26H31N7O3/c1-31-23-19(29-24(31)17-4-2-5-17)14-18(15-20(23)30-25(34)21-6-3-13-36-21)26(35)33-11-9-32(10-12-33)22-16-27-7-8-28-22/h7-8,14-17,21H,2-6,9-13H2,1H3,(H,30,34)/t21-/m0/s1. The second-order valence-corrected chi connectivity index (χ2v) is 9.88. The van der Waals surface area contributed by atoms with Crippen LogP contribution >= 0.6 is 0 Å². The second-order valence-electron chi connectivity index (χ2n) is 9.88. The van der Waals surface area contributed by atoms with E-state index in [0.717, 1.165) is 41.9 Å². The van der Waals surface area contributed by atoms with Crippen LogP contribution in [0.25, 0.3) is 11.0 Å². The lowest BCUT2D eigenvalue weighted by atomic mass is 9.85. The van der Waals surface area contributed by atoms with Gasteiger partial charge in [-0.25, -0.2) is 9.97 Å². The van der Waals surface area contributed by atoms with Crippen molar-refractivity contribution < 1.29 is 14.3 Å². The number of piperazine rings is 1. The first-order valence-electron chi connectivity index (χ1n) is 12.8. The largest absolute Gasteiger partial charge is 0.368 e. The third-order valence-electron chi connectivity index (χ3n) is 7.64. The van der Waals surface area contributed by atoms with Crippen molar-refractivity contribution in [3.8, 4) is 0 Å². The van der Waals surface area contributed by atoms with Crippen molar-refractivity contribution in [3.63, 3.8) is 0 Å². The fraction of sp³-hybridized carbons (Fsp3) is 0.500. The zero-order valence-corrected chi connectivity index (χ0v) is 20.5. The molecule has 4 heterocycles. The predicted molar refractivity (Wildman–Crippen MR) is 135 cm³/mol. The van der Waals surface area contributed by atoms with Gasteiger partial charge in [0.2, 0.25) is 0 Å². The minimum atomic E-state index is -0.451. The topological polar surface area (TPSA) is 105 Å². The molecule has 188 valence electrons. The number of hydrogen-bond acceptors (Lipinski definition) is 7. The number of carbonyl (C=O) groups is 2. The number of aromatic nitrogens is 4. The Morgan fingerprint density at radius 2 is 1.89 bits per heavy atom. The maximum atomic E-state index is 13.6. The number of rotatable bonds is 5. The molecule has 0 radical (unpaired) electrons. The van der Waals surface area contributed by atoms with Crippen LogP contribution in [0.4, 0.5) is 11.5 Å². The molecule has 2 aliphatic heterocycles. The molecule has 0 spiro atoms. The van der Waals surface area contributed by atoms with Crippen LogP contribution in [0.2, 0.25) is 0 Å². The highest BCUT2D eigenvalue weighted by atomic mass is 16.5. The first-order valence-corrected chi connectivity index (χ1v) is 12.8. The molecular weight excluding hydrogens is 458 g/mol. The molecule has 2 amide bonds. The van der Waals surface area contributed by atoms with Crippen LogP contribution in [-0.2, 0) is 16.6 Å². The van der Waals surface area contributed by atoms with Gasteiger partial charge in [-0.2, -0.15) is 0 Å². The van der Waals surface area contributed by atoms with E-state index in [1.54, 1.807) is 24.7 Å². The van der Waals surface area contributed by atoms with E-state index in [9.17, 15) is 9.59 Å². The number of aryl methyl sites for hydroxylation is 1. The molecule has 3 aliphatic rings. The van der Waals surface area contributed by atoms with Crippen LogP contribution in [0, 0.1) is 0 Å². The Morgan fingerprint density at radius 1 is 1.06 bits per heavy atom. The normalized spacial score (nSPS) is 20.5. The average molecular weight is 490 g/mol. The number of carbonyl (C=O) groups excluding carboxylic acids is 2. The van der Waals surface area contributed by atoms with Gasteiger partial charge in [0.25, 0.3) is 11.8 Å². The summed E-state index contributed by atoms with van der Waals surface area (Å²) >= 11 is 0.